The van der Waals surface area contributed by atoms with Crippen molar-refractivity contribution in [1.29, 1.82) is 0 Å². The van der Waals surface area contributed by atoms with Gasteiger partial charge in [-0.25, -0.2) is 4.79 Å². The van der Waals surface area contributed by atoms with Gasteiger partial charge in [-0.2, -0.15) is 0 Å². The van der Waals surface area contributed by atoms with Gasteiger partial charge >= 0.3 is 11.9 Å². The van der Waals surface area contributed by atoms with E-state index in [1.807, 2.05) is 0 Å². The molecule has 80 valence electrons. The highest BCUT2D eigenvalue weighted by Gasteiger charge is 2.16. The van der Waals surface area contributed by atoms with Gasteiger partial charge in [0.25, 0.3) is 0 Å². The van der Waals surface area contributed by atoms with Gasteiger partial charge in [0.1, 0.15) is 11.4 Å². The Morgan fingerprint density at radius 2 is 1.93 bits per heavy atom. The second-order valence-corrected chi connectivity index (χ2v) is 3.88. The molecule has 0 aliphatic heterocycles. The molecule has 4 nitrogen and oxygen atoms in total. The van der Waals surface area contributed by atoms with Crippen molar-refractivity contribution in [2.24, 2.45) is 0 Å². The zero-order valence-electron chi connectivity index (χ0n) is 7.72. The third kappa shape index (κ3) is 3.71. The minimum Gasteiger partial charge on any atom is -0.480 e. The molecule has 0 heterocycles. The average molecular weight is 273 g/mol. The second kappa shape index (κ2) is 5.50. The van der Waals surface area contributed by atoms with Crippen molar-refractivity contribution in [3.8, 4) is 0 Å². The number of carboxylic acid groups (broad SMARTS) is 1. The lowest BCUT2D eigenvalue weighted by Crippen LogP contribution is -2.21. The lowest BCUT2D eigenvalue weighted by Gasteiger charge is -2.06. The molecule has 15 heavy (non-hydrogen) atoms. The molecule has 1 unspecified atom stereocenters. The monoisotopic (exact) mass is 272 g/mol. The molecule has 0 saturated carbocycles. The van der Waals surface area contributed by atoms with Crippen molar-refractivity contribution < 1.29 is 19.4 Å². The molecule has 5 heteroatoms. The Labute approximate surface area is 95.0 Å². The van der Waals surface area contributed by atoms with Crippen LogP contribution in [0.2, 0.25) is 0 Å². The molecule has 0 radical (unpaired) electrons. The van der Waals surface area contributed by atoms with E-state index in [1.165, 1.54) is 0 Å². The summed E-state index contributed by atoms with van der Waals surface area (Å²) in [4.78, 5) is 20.9. The number of alkyl halides is 1. The molecule has 0 aliphatic rings. The standard InChI is InChI=1S/C10H9BrO4/c11-8(9(12)13)6-15-10(14)7-4-2-1-3-5-7/h1-5,8H,6H2,(H,12,13). The summed E-state index contributed by atoms with van der Waals surface area (Å²) in [5.74, 6) is -1.59. The van der Waals surface area contributed by atoms with Crippen LogP contribution in [-0.4, -0.2) is 28.5 Å². The minimum absolute atomic E-state index is 0.191. The van der Waals surface area contributed by atoms with E-state index < -0.39 is 16.8 Å². The van der Waals surface area contributed by atoms with Gasteiger partial charge in [-0.1, -0.05) is 34.1 Å². The first-order valence-corrected chi connectivity index (χ1v) is 5.12. The fourth-order valence-corrected chi connectivity index (χ4v) is 1.01. The van der Waals surface area contributed by atoms with E-state index in [4.69, 9.17) is 9.84 Å². The largest absolute Gasteiger partial charge is 0.480 e. The molecule has 1 atom stereocenters. The first-order valence-electron chi connectivity index (χ1n) is 4.20. The number of ether oxygens (including phenoxy) is 1. The summed E-state index contributed by atoms with van der Waals surface area (Å²) in [5, 5.41) is 8.53. The lowest BCUT2D eigenvalue weighted by atomic mass is 10.2. The Morgan fingerprint density at radius 3 is 2.47 bits per heavy atom. The molecule has 1 aromatic carbocycles. The molecule has 0 saturated heterocycles. The average Bonchev–Trinajstić information content (AvgIpc) is 2.26. The summed E-state index contributed by atoms with van der Waals surface area (Å²) in [6, 6.07) is 8.40. The number of halogens is 1. The zero-order chi connectivity index (χ0) is 11.3. The third-order valence-corrected chi connectivity index (χ3v) is 2.29. The first kappa shape index (κ1) is 11.7. The van der Waals surface area contributed by atoms with E-state index in [9.17, 15) is 9.59 Å². The summed E-state index contributed by atoms with van der Waals surface area (Å²) < 4.78 is 4.78. The Balaban J connectivity index is 2.47. The van der Waals surface area contributed by atoms with Crippen LogP contribution in [0.5, 0.6) is 0 Å². The number of aliphatic carboxylic acids is 1. The van der Waals surface area contributed by atoms with Crippen LogP contribution >= 0.6 is 15.9 Å². The second-order valence-electron chi connectivity index (χ2n) is 2.77. The molecule has 0 fully saturated rings. The molecule has 1 rings (SSSR count). The lowest BCUT2D eigenvalue weighted by molar-refractivity contribution is -0.136. The summed E-state index contributed by atoms with van der Waals surface area (Å²) in [6.45, 7) is -0.191. The summed E-state index contributed by atoms with van der Waals surface area (Å²) in [6.07, 6.45) is 0. The van der Waals surface area contributed by atoms with E-state index in [0.29, 0.717) is 5.56 Å². The Morgan fingerprint density at radius 1 is 1.33 bits per heavy atom. The SMILES string of the molecule is O=C(OCC(Br)C(=O)O)c1ccccc1. The Hall–Kier alpha value is -1.36. The molecule has 0 bridgehead atoms. The van der Waals surface area contributed by atoms with Crippen molar-refractivity contribution in [3.63, 3.8) is 0 Å². The van der Waals surface area contributed by atoms with Crippen LogP contribution in [0.25, 0.3) is 0 Å². The Kier molecular flexibility index (Phi) is 4.30. The van der Waals surface area contributed by atoms with E-state index in [1.54, 1.807) is 30.3 Å². The quantitative estimate of drug-likeness (QED) is 0.669. The van der Waals surface area contributed by atoms with Gasteiger partial charge in [0.2, 0.25) is 0 Å². The summed E-state index contributed by atoms with van der Waals surface area (Å²) >= 11 is 2.87. The number of carbonyl (C=O) groups excluding carboxylic acids is 1. The number of hydrogen-bond acceptors (Lipinski definition) is 3. The van der Waals surface area contributed by atoms with E-state index >= 15 is 0 Å². The number of benzene rings is 1. The van der Waals surface area contributed by atoms with Gasteiger partial charge in [-0.3, -0.25) is 4.79 Å². The van der Waals surface area contributed by atoms with Crippen LogP contribution in [0.4, 0.5) is 0 Å². The van der Waals surface area contributed by atoms with Crippen molar-refractivity contribution in [1.82, 2.24) is 0 Å². The smallest absolute Gasteiger partial charge is 0.338 e. The van der Waals surface area contributed by atoms with Crippen LogP contribution in [0, 0.1) is 0 Å². The zero-order valence-corrected chi connectivity index (χ0v) is 9.31. The van der Waals surface area contributed by atoms with Crippen LogP contribution in [-0.2, 0) is 9.53 Å². The fraction of sp³-hybridized carbons (Fsp3) is 0.200. The molecule has 0 aromatic heterocycles. The van der Waals surface area contributed by atoms with Crippen molar-refractivity contribution in [3.05, 3.63) is 35.9 Å². The van der Waals surface area contributed by atoms with Crippen LogP contribution in [0.1, 0.15) is 10.4 Å². The van der Waals surface area contributed by atoms with Crippen molar-refractivity contribution in [2.75, 3.05) is 6.61 Å². The molecule has 0 aliphatic carbocycles. The number of carboxylic acids is 1. The Bertz CT molecular complexity index is 350. The first-order chi connectivity index (χ1) is 7.11. The van der Waals surface area contributed by atoms with E-state index in [0.717, 1.165) is 0 Å². The predicted octanol–water partition coefficient (Wildman–Crippen LogP) is 1.69. The van der Waals surface area contributed by atoms with Gasteiger partial charge in [0.05, 0.1) is 5.56 Å². The maximum absolute atomic E-state index is 11.3. The molecular weight excluding hydrogens is 264 g/mol. The topological polar surface area (TPSA) is 63.6 Å². The van der Waals surface area contributed by atoms with E-state index in [-0.39, 0.29) is 6.61 Å². The third-order valence-electron chi connectivity index (χ3n) is 1.64. The minimum atomic E-state index is -1.06. The summed E-state index contributed by atoms with van der Waals surface area (Å²) in [5.41, 5.74) is 0.405. The molecule has 1 N–H and O–H groups in total. The van der Waals surface area contributed by atoms with Gasteiger partial charge in [-0.05, 0) is 12.1 Å². The molecular formula is C10H9BrO4. The fourth-order valence-electron chi connectivity index (χ4n) is 0.878. The number of esters is 1. The summed E-state index contributed by atoms with van der Waals surface area (Å²) in [7, 11) is 0. The van der Waals surface area contributed by atoms with Crippen molar-refractivity contribution >= 4 is 27.9 Å². The normalized spacial score (nSPS) is 11.8. The van der Waals surface area contributed by atoms with Crippen LogP contribution in [0.3, 0.4) is 0 Å². The molecule has 1 aromatic rings. The van der Waals surface area contributed by atoms with Crippen LogP contribution in [0.15, 0.2) is 30.3 Å². The highest BCUT2D eigenvalue weighted by Crippen LogP contribution is 2.05. The predicted molar refractivity (Wildman–Crippen MR) is 57.1 cm³/mol. The number of carbonyl (C=O) groups is 2. The van der Waals surface area contributed by atoms with Gasteiger partial charge < -0.3 is 9.84 Å². The molecule has 0 amide bonds. The highest BCUT2D eigenvalue weighted by molar-refractivity contribution is 9.10. The molecule has 0 spiro atoms. The van der Waals surface area contributed by atoms with E-state index in [2.05, 4.69) is 15.9 Å². The highest BCUT2D eigenvalue weighted by atomic mass is 79.9. The maximum Gasteiger partial charge on any atom is 0.338 e. The number of rotatable bonds is 4. The van der Waals surface area contributed by atoms with Gasteiger partial charge in [0, 0.05) is 0 Å². The number of hydrogen-bond donors (Lipinski definition) is 1. The van der Waals surface area contributed by atoms with Crippen molar-refractivity contribution in [2.45, 2.75) is 4.83 Å². The maximum atomic E-state index is 11.3. The van der Waals surface area contributed by atoms with Gasteiger partial charge in [0.15, 0.2) is 0 Å². The van der Waals surface area contributed by atoms with Crippen LogP contribution < -0.4 is 0 Å². The van der Waals surface area contributed by atoms with Gasteiger partial charge in [-0.15, -0.1) is 0 Å².